The third kappa shape index (κ3) is 5.52. The SMILES string of the molecule is O=C1C=CC(O)(/C=C/C(=O)OC[C@H]2O[C@@H](Oc3ccc(O)c(O)c3)[C@H](O)[C@@H](O)[C@@H]2O)C=C1. The number of carbonyl (C=O) groups excluding carboxylic acids is 2. The number of esters is 1. The van der Waals surface area contributed by atoms with E-state index in [0.29, 0.717) is 0 Å². The van der Waals surface area contributed by atoms with Gasteiger partial charge in [-0.25, -0.2) is 4.79 Å². The predicted octanol–water partition coefficient (Wildman–Crippen LogP) is -1.19. The zero-order valence-corrected chi connectivity index (χ0v) is 16.5. The zero-order valence-electron chi connectivity index (χ0n) is 16.5. The molecule has 5 atom stereocenters. The van der Waals surface area contributed by atoms with E-state index in [2.05, 4.69) is 0 Å². The van der Waals surface area contributed by atoms with Crippen molar-refractivity contribution in [3.05, 3.63) is 54.7 Å². The number of rotatable bonds is 6. The molecule has 32 heavy (non-hydrogen) atoms. The van der Waals surface area contributed by atoms with Crippen molar-refractivity contribution in [1.82, 2.24) is 0 Å². The van der Waals surface area contributed by atoms with Crippen molar-refractivity contribution in [2.45, 2.75) is 36.3 Å². The molecule has 11 heteroatoms. The monoisotopic (exact) mass is 450 g/mol. The van der Waals surface area contributed by atoms with E-state index < -0.39 is 60.4 Å². The summed E-state index contributed by atoms with van der Waals surface area (Å²) < 4.78 is 15.7. The second-order valence-corrected chi connectivity index (χ2v) is 7.20. The number of aliphatic hydroxyl groups excluding tert-OH is 3. The maximum atomic E-state index is 12.0. The zero-order chi connectivity index (χ0) is 23.5. The number of allylic oxidation sites excluding steroid dienone is 2. The minimum absolute atomic E-state index is 0.00747. The van der Waals surface area contributed by atoms with Crippen molar-refractivity contribution >= 4 is 11.8 Å². The highest BCUT2D eigenvalue weighted by atomic mass is 16.7. The van der Waals surface area contributed by atoms with Gasteiger partial charge in [0.2, 0.25) is 6.29 Å². The standard InChI is InChI=1S/C21H22O11/c22-11-3-6-21(29,7-4-11)8-5-16(25)30-10-15-17(26)18(27)19(28)20(32-15)31-12-1-2-13(23)14(24)9-12/h1-9,15,17-20,23-24,26-29H,10H2/b8-5+/t15-,17-,18+,19-,20-/m1/s1. The van der Waals surface area contributed by atoms with Crippen molar-refractivity contribution in [2.75, 3.05) is 6.61 Å². The van der Waals surface area contributed by atoms with Crippen molar-refractivity contribution in [2.24, 2.45) is 0 Å². The van der Waals surface area contributed by atoms with Gasteiger partial charge >= 0.3 is 5.97 Å². The Morgan fingerprint density at radius 1 is 1.06 bits per heavy atom. The Morgan fingerprint density at radius 2 is 1.75 bits per heavy atom. The summed E-state index contributed by atoms with van der Waals surface area (Å²) in [6.45, 7) is -0.530. The highest BCUT2D eigenvalue weighted by molar-refractivity contribution is 6.00. The van der Waals surface area contributed by atoms with Crippen LogP contribution in [0.5, 0.6) is 17.2 Å². The summed E-state index contributed by atoms with van der Waals surface area (Å²) in [5, 5.41) is 59.4. The van der Waals surface area contributed by atoms with Gasteiger partial charge in [-0.15, -0.1) is 0 Å². The third-order valence-corrected chi connectivity index (χ3v) is 4.77. The lowest BCUT2D eigenvalue weighted by molar-refractivity contribution is -0.278. The molecule has 0 bridgehead atoms. The number of hydrogen-bond donors (Lipinski definition) is 6. The van der Waals surface area contributed by atoms with Gasteiger partial charge in [0.15, 0.2) is 17.3 Å². The Morgan fingerprint density at radius 3 is 2.41 bits per heavy atom. The van der Waals surface area contributed by atoms with Crippen molar-refractivity contribution < 1.29 is 54.4 Å². The van der Waals surface area contributed by atoms with Gasteiger partial charge < -0.3 is 44.8 Å². The number of phenols is 2. The van der Waals surface area contributed by atoms with Crippen LogP contribution in [-0.4, -0.2) is 85.3 Å². The molecule has 0 saturated carbocycles. The van der Waals surface area contributed by atoms with E-state index in [1.165, 1.54) is 18.2 Å². The summed E-state index contributed by atoms with van der Waals surface area (Å²) in [4.78, 5) is 23.1. The molecule has 11 nitrogen and oxygen atoms in total. The van der Waals surface area contributed by atoms with E-state index >= 15 is 0 Å². The summed E-state index contributed by atoms with van der Waals surface area (Å²) in [5.74, 6) is -2.11. The number of phenolic OH excluding ortho intramolecular Hbond substituents is 2. The normalized spacial score (nSPS) is 29.2. The highest BCUT2D eigenvalue weighted by Gasteiger charge is 2.45. The number of carbonyl (C=O) groups is 2. The van der Waals surface area contributed by atoms with Gasteiger partial charge in [0, 0.05) is 12.1 Å². The molecule has 0 aromatic heterocycles. The van der Waals surface area contributed by atoms with Crippen molar-refractivity contribution in [3.8, 4) is 17.2 Å². The topological polar surface area (TPSA) is 183 Å². The Labute approximate surface area is 181 Å². The summed E-state index contributed by atoms with van der Waals surface area (Å²) >= 11 is 0. The minimum atomic E-state index is -1.70. The van der Waals surface area contributed by atoms with Gasteiger partial charge in [-0.2, -0.15) is 0 Å². The lowest BCUT2D eigenvalue weighted by atomic mass is 9.97. The van der Waals surface area contributed by atoms with E-state index in [1.54, 1.807) is 0 Å². The van der Waals surface area contributed by atoms with Crippen LogP contribution >= 0.6 is 0 Å². The van der Waals surface area contributed by atoms with Gasteiger partial charge in [0.05, 0.1) is 0 Å². The molecule has 1 heterocycles. The van der Waals surface area contributed by atoms with Crippen LogP contribution in [0.4, 0.5) is 0 Å². The molecule has 1 aliphatic carbocycles. The quantitative estimate of drug-likeness (QED) is 0.174. The summed E-state index contributed by atoms with van der Waals surface area (Å²) in [7, 11) is 0. The molecular weight excluding hydrogens is 428 g/mol. The fraction of sp³-hybridized carbons (Fsp3) is 0.333. The largest absolute Gasteiger partial charge is 0.504 e. The second-order valence-electron chi connectivity index (χ2n) is 7.20. The Hall–Kier alpha value is -3.22. The average Bonchev–Trinajstić information content (AvgIpc) is 2.76. The number of benzene rings is 1. The van der Waals surface area contributed by atoms with Crippen molar-refractivity contribution in [3.63, 3.8) is 0 Å². The number of aromatic hydroxyl groups is 2. The molecule has 0 unspecified atom stereocenters. The van der Waals surface area contributed by atoms with E-state index in [9.17, 15) is 40.2 Å². The maximum Gasteiger partial charge on any atom is 0.330 e. The van der Waals surface area contributed by atoms with E-state index in [4.69, 9.17) is 14.2 Å². The Bertz CT molecular complexity index is 935. The maximum absolute atomic E-state index is 12.0. The molecule has 3 rings (SSSR count). The fourth-order valence-electron chi connectivity index (χ4n) is 2.93. The molecular formula is C21H22O11. The predicted molar refractivity (Wildman–Crippen MR) is 105 cm³/mol. The van der Waals surface area contributed by atoms with Gasteiger partial charge in [0.1, 0.15) is 42.4 Å². The molecule has 1 aliphatic heterocycles. The first-order valence-corrected chi connectivity index (χ1v) is 9.47. The molecule has 1 fully saturated rings. The fourth-order valence-corrected chi connectivity index (χ4v) is 2.93. The smallest absolute Gasteiger partial charge is 0.330 e. The van der Waals surface area contributed by atoms with Crippen LogP contribution in [0, 0.1) is 0 Å². The molecule has 1 saturated heterocycles. The Balaban J connectivity index is 1.60. The van der Waals surface area contributed by atoms with Gasteiger partial charge in [-0.1, -0.05) is 0 Å². The molecule has 1 aromatic rings. The van der Waals surface area contributed by atoms with Crippen molar-refractivity contribution in [1.29, 1.82) is 0 Å². The first-order valence-electron chi connectivity index (χ1n) is 9.47. The Kier molecular flexibility index (Phi) is 6.96. The number of hydrogen-bond acceptors (Lipinski definition) is 11. The van der Waals surface area contributed by atoms with E-state index in [0.717, 1.165) is 36.4 Å². The van der Waals surface area contributed by atoms with E-state index in [-0.39, 0.29) is 11.5 Å². The third-order valence-electron chi connectivity index (χ3n) is 4.77. The van der Waals surface area contributed by atoms with Crippen LogP contribution in [-0.2, 0) is 19.1 Å². The van der Waals surface area contributed by atoms with Crippen LogP contribution < -0.4 is 4.74 Å². The molecule has 0 spiro atoms. The van der Waals surface area contributed by atoms with Crippen LogP contribution in [0.2, 0.25) is 0 Å². The summed E-state index contributed by atoms with van der Waals surface area (Å²) in [6.07, 6.45) is -1.10. The molecule has 1 aromatic carbocycles. The molecule has 0 amide bonds. The highest BCUT2D eigenvalue weighted by Crippen LogP contribution is 2.31. The van der Waals surface area contributed by atoms with Crippen LogP contribution in [0.15, 0.2) is 54.7 Å². The van der Waals surface area contributed by atoms with Crippen LogP contribution in [0.25, 0.3) is 0 Å². The first kappa shape index (κ1) is 23.4. The molecule has 0 radical (unpaired) electrons. The first-order chi connectivity index (χ1) is 15.1. The minimum Gasteiger partial charge on any atom is -0.504 e. The van der Waals surface area contributed by atoms with Crippen LogP contribution in [0.1, 0.15) is 0 Å². The van der Waals surface area contributed by atoms with Gasteiger partial charge in [0.25, 0.3) is 0 Å². The molecule has 6 N–H and O–H groups in total. The van der Waals surface area contributed by atoms with Crippen LogP contribution in [0.3, 0.4) is 0 Å². The van der Waals surface area contributed by atoms with E-state index in [1.807, 2.05) is 0 Å². The summed E-state index contributed by atoms with van der Waals surface area (Å²) in [5.41, 5.74) is -1.64. The lowest BCUT2D eigenvalue weighted by Crippen LogP contribution is -2.60. The number of ether oxygens (including phenoxy) is 3. The number of ketones is 1. The van der Waals surface area contributed by atoms with Gasteiger partial charge in [-0.05, 0) is 42.5 Å². The number of aliphatic hydroxyl groups is 4. The van der Waals surface area contributed by atoms with Gasteiger partial charge in [-0.3, -0.25) is 4.79 Å². The molecule has 172 valence electrons. The lowest BCUT2D eigenvalue weighted by Gasteiger charge is -2.39. The molecule has 2 aliphatic rings. The average molecular weight is 450 g/mol. The summed E-state index contributed by atoms with van der Waals surface area (Å²) in [6, 6.07) is 3.46. The second kappa shape index (κ2) is 9.51.